The van der Waals surface area contributed by atoms with Gasteiger partial charge in [-0.3, -0.25) is 0 Å². The van der Waals surface area contributed by atoms with Gasteiger partial charge < -0.3 is 18.9 Å². The summed E-state index contributed by atoms with van der Waals surface area (Å²) in [6.07, 6.45) is 9.09. The minimum atomic E-state index is -0.475. The van der Waals surface area contributed by atoms with Crippen LogP contribution < -0.4 is 0 Å². The first-order valence-electron chi connectivity index (χ1n) is 7.64. The summed E-state index contributed by atoms with van der Waals surface area (Å²) in [5, 5.41) is 0. The van der Waals surface area contributed by atoms with Gasteiger partial charge in [0.15, 0.2) is 5.79 Å². The molecule has 1 aliphatic rings. The van der Waals surface area contributed by atoms with Crippen LogP contribution in [0, 0.1) is 0 Å². The second kappa shape index (κ2) is 9.50. The minimum Gasteiger partial charge on any atom is -0.379 e. The first kappa shape index (κ1) is 17.6. The average Bonchev–Trinajstić information content (AvgIpc) is 2.76. The van der Waals surface area contributed by atoms with E-state index in [1.54, 1.807) is 7.11 Å². The van der Waals surface area contributed by atoms with Crippen LogP contribution in [0.15, 0.2) is 12.2 Å². The van der Waals surface area contributed by atoms with E-state index in [2.05, 4.69) is 19.1 Å². The molecular formula is C16H30O4. The Morgan fingerprint density at radius 1 is 1.35 bits per heavy atom. The van der Waals surface area contributed by atoms with Crippen LogP contribution in [0.25, 0.3) is 0 Å². The Morgan fingerprint density at radius 3 is 2.75 bits per heavy atom. The summed E-state index contributed by atoms with van der Waals surface area (Å²) in [5.41, 5.74) is 0. The van der Waals surface area contributed by atoms with Gasteiger partial charge in [0, 0.05) is 7.11 Å². The van der Waals surface area contributed by atoms with E-state index in [0.29, 0.717) is 19.8 Å². The molecule has 1 fully saturated rings. The molecule has 1 aliphatic heterocycles. The molecule has 0 aromatic heterocycles. The molecule has 0 amide bonds. The van der Waals surface area contributed by atoms with Crippen LogP contribution in [0.5, 0.6) is 0 Å². The Balaban J connectivity index is 2.10. The van der Waals surface area contributed by atoms with Crippen LogP contribution in [0.4, 0.5) is 0 Å². The lowest BCUT2D eigenvalue weighted by molar-refractivity contribution is -0.146. The van der Waals surface area contributed by atoms with Gasteiger partial charge in [0.05, 0.1) is 25.9 Å². The molecule has 1 heterocycles. The maximum absolute atomic E-state index is 5.69. The Bertz CT molecular complexity index is 276. The number of methoxy groups -OCH3 is 1. The van der Waals surface area contributed by atoms with Crippen LogP contribution in [0.3, 0.4) is 0 Å². The Kier molecular flexibility index (Phi) is 8.38. The first-order chi connectivity index (χ1) is 9.57. The highest BCUT2D eigenvalue weighted by Gasteiger charge is 2.32. The molecule has 0 N–H and O–H groups in total. The van der Waals surface area contributed by atoms with Gasteiger partial charge in [-0.25, -0.2) is 0 Å². The Morgan fingerprint density at radius 2 is 2.15 bits per heavy atom. The second-order valence-electron chi connectivity index (χ2n) is 5.70. The molecule has 1 rings (SSSR count). The summed E-state index contributed by atoms with van der Waals surface area (Å²) in [6, 6.07) is 0. The molecule has 1 saturated heterocycles. The lowest BCUT2D eigenvalue weighted by Gasteiger charge is -2.18. The predicted octanol–water partition coefficient (Wildman–Crippen LogP) is 3.31. The van der Waals surface area contributed by atoms with Crippen molar-refractivity contribution in [2.75, 3.05) is 26.9 Å². The fourth-order valence-corrected chi connectivity index (χ4v) is 2.10. The van der Waals surface area contributed by atoms with Gasteiger partial charge in [-0.2, -0.15) is 0 Å². The van der Waals surface area contributed by atoms with Crippen LogP contribution in [-0.2, 0) is 18.9 Å². The van der Waals surface area contributed by atoms with E-state index in [4.69, 9.17) is 18.9 Å². The van der Waals surface area contributed by atoms with E-state index in [1.165, 1.54) is 12.8 Å². The molecule has 0 spiro atoms. The highest BCUT2D eigenvalue weighted by atomic mass is 16.7. The summed E-state index contributed by atoms with van der Waals surface area (Å²) in [4.78, 5) is 0. The van der Waals surface area contributed by atoms with Gasteiger partial charge in [-0.15, -0.1) is 0 Å². The van der Waals surface area contributed by atoms with Crippen molar-refractivity contribution in [1.82, 2.24) is 0 Å². The number of hydrogen-bond donors (Lipinski definition) is 0. The van der Waals surface area contributed by atoms with Gasteiger partial charge in [0.2, 0.25) is 0 Å². The molecule has 0 aliphatic carbocycles. The molecule has 0 radical (unpaired) electrons. The van der Waals surface area contributed by atoms with Crippen molar-refractivity contribution in [3.05, 3.63) is 12.2 Å². The third kappa shape index (κ3) is 7.39. The topological polar surface area (TPSA) is 36.9 Å². The Labute approximate surface area is 123 Å². The van der Waals surface area contributed by atoms with E-state index in [-0.39, 0.29) is 12.2 Å². The quantitative estimate of drug-likeness (QED) is 0.456. The molecule has 0 bridgehead atoms. The lowest BCUT2D eigenvalue weighted by atomic mass is 10.2. The van der Waals surface area contributed by atoms with Crippen molar-refractivity contribution < 1.29 is 18.9 Å². The van der Waals surface area contributed by atoms with Crippen molar-refractivity contribution in [2.45, 2.75) is 64.4 Å². The fourth-order valence-electron chi connectivity index (χ4n) is 2.10. The van der Waals surface area contributed by atoms with E-state index < -0.39 is 5.79 Å². The van der Waals surface area contributed by atoms with Crippen molar-refractivity contribution in [2.24, 2.45) is 0 Å². The molecule has 4 heteroatoms. The zero-order valence-electron chi connectivity index (χ0n) is 13.4. The van der Waals surface area contributed by atoms with E-state index in [1.807, 2.05) is 13.8 Å². The van der Waals surface area contributed by atoms with E-state index in [9.17, 15) is 0 Å². The molecule has 2 unspecified atom stereocenters. The Hall–Kier alpha value is -0.420. The molecular weight excluding hydrogens is 256 g/mol. The highest BCUT2D eigenvalue weighted by Crippen LogP contribution is 2.22. The third-order valence-electron chi connectivity index (χ3n) is 3.30. The van der Waals surface area contributed by atoms with Crippen LogP contribution >= 0.6 is 0 Å². The third-order valence-corrected chi connectivity index (χ3v) is 3.30. The second-order valence-corrected chi connectivity index (χ2v) is 5.70. The molecule has 4 nitrogen and oxygen atoms in total. The smallest absolute Gasteiger partial charge is 0.163 e. The number of hydrogen-bond acceptors (Lipinski definition) is 4. The number of unbranched alkanes of at least 4 members (excludes halogenated alkanes) is 2. The first-order valence-corrected chi connectivity index (χ1v) is 7.64. The molecule has 2 atom stereocenters. The normalized spacial score (nSPS) is 23.5. The van der Waals surface area contributed by atoms with Gasteiger partial charge in [-0.1, -0.05) is 31.9 Å². The van der Waals surface area contributed by atoms with Crippen molar-refractivity contribution in [3.63, 3.8) is 0 Å². The highest BCUT2D eigenvalue weighted by molar-refractivity contribution is 4.84. The number of rotatable bonds is 10. The summed E-state index contributed by atoms with van der Waals surface area (Å²) in [5.74, 6) is -0.475. The summed E-state index contributed by atoms with van der Waals surface area (Å²) in [7, 11) is 1.73. The summed E-state index contributed by atoms with van der Waals surface area (Å²) >= 11 is 0. The van der Waals surface area contributed by atoms with Crippen molar-refractivity contribution in [3.8, 4) is 0 Å². The fraction of sp³-hybridized carbons (Fsp3) is 0.875. The monoisotopic (exact) mass is 286 g/mol. The molecule has 20 heavy (non-hydrogen) atoms. The van der Waals surface area contributed by atoms with Gasteiger partial charge >= 0.3 is 0 Å². The van der Waals surface area contributed by atoms with Crippen LogP contribution in [0.2, 0.25) is 0 Å². The van der Waals surface area contributed by atoms with Gasteiger partial charge in [-0.05, 0) is 26.7 Å². The number of allylic oxidation sites excluding steroid dienone is 1. The molecule has 0 aromatic rings. The van der Waals surface area contributed by atoms with Gasteiger partial charge in [0.1, 0.15) is 6.10 Å². The van der Waals surface area contributed by atoms with Crippen molar-refractivity contribution >= 4 is 0 Å². The number of ether oxygens (including phenoxy) is 4. The zero-order valence-corrected chi connectivity index (χ0v) is 13.4. The SMILES string of the molecule is CCCCC=CCC(COCC1COC(C)(C)O1)OC. The average molecular weight is 286 g/mol. The molecule has 0 aromatic carbocycles. The van der Waals surface area contributed by atoms with Crippen LogP contribution in [0.1, 0.15) is 46.5 Å². The van der Waals surface area contributed by atoms with E-state index in [0.717, 1.165) is 12.8 Å². The standard InChI is InChI=1S/C16H30O4/c1-5-6-7-8-9-10-14(17-4)11-18-12-15-13-19-16(2,3)20-15/h8-9,14-15H,5-7,10-13H2,1-4H3. The maximum atomic E-state index is 5.69. The van der Waals surface area contributed by atoms with Crippen LogP contribution in [-0.4, -0.2) is 44.9 Å². The maximum Gasteiger partial charge on any atom is 0.163 e. The van der Waals surface area contributed by atoms with Crippen molar-refractivity contribution in [1.29, 1.82) is 0 Å². The lowest BCUT2D eigenvalue weighted by Crippen LogP contribution is -2.26. The summed E-state index contributed by atoms with van der Waals surface area (Å²) in [6.45, 7) is 7.80. The minimum absolute atomic E-state index is 0.0302. The summed E-state index contributed by atoms with van der Waals surface area (Å²) < 4.78 is 22.3. The molecule has 118 valence electrons. The van der Waals surface area contributed by atoms with Gasteiger partial charge in [0.25, 0.3) is 0 Å². The molecule has 0 saturated carbocycles. The predicted molar refractivity (Wildman–Crippen MR) is 79.8 cm³/mol. The zero-order chi connectivity index (χ0) is 14.8. The van der Waals surface area contributed by atoms with E-state index >= 15 is 0 Å². The largest absolute Gasteiger partial charge is 0.379 e.